The fraction of sp³-hybridized carbons (Fsp3) is 0.846. The molecule has 0 aliphatic rings. The molecule has 0 saturated carbocycles. The molecule has 0 radical (unpaired) electrons. The van der Waals surface area contributed by atoms with Crippen LogP contribution in [-0.2, 0) is 19.1 Å². The SMILES string of the molecule is CC(=O)OCC(CO)OC(C)=O.OC[C@@H](O)[C@@H](O)[C@H](O)[C@@H](O)CO. The second kappa shape index (κ2) is 14.0. The van der Waals surface area contributed by atoms with E-state index in [0.717, 1.165) is 0 Å². The highest BCUT2D eigenvalue weighted by Crippen LogP contribution is 2.04. The van der Waals surface area contributed by atoms with Gasteiger partial charge in [-0.25, -0.2) is 0 Å². The zero-order valence-corrected chi connectivity index (χ0v) is 13.5. The molecule has 0 aliphatic heterocycles. The van der Waals surface area contributed by atoms with E-state index in [-0.39, 0.29) is 13.2 Å². The van der Waals surface area contributed by atoms with Crippen LogP contribution in [0.4, 0.5) is 0 Å². The number of carbonyl (C=O) groups excluding carboxylic acids is 2. The summed E-state index contributed by atoms with van der Waals surface area (Å²) in [5.41, 5.74) is 0. The predicted molar refractivity (Wildman–Crippen MR) is 77.5 cm³/mol. The highest BCUT2D eigenvalue weighted by Gasteiger charge is 2.29. The third-order valence-electron chi connectivity index (χ3n) is 2.52. The van der Waals surface area contributed by atoms with Crippen molar-refractivity contribution in [3.8, 4) is 0 Å². The second-order valence-corrected chi connectivity index (χ2v) is 4.70. The maximum Gasteiger partial charge on any atom is 0.303 e. The van der Waals surface area contributed by atoms with Gasteiger partial charge in [-0.15, -0.1) is 0 Å². The molecule has 0 bridgehead atoms. The van der Waals surface area contributed by atoms with Gasteiger partial charge in [0.05, 0.1) is 19.8 Å². The van der Waals surface area contributed by atoms with Crippen molar-refractivity contribution in [1.29, 1.82) is 0 Å². The van der Waals surface area contributed by atoms with Crippen LogP contribution in [-0.4, -0.2) is 105 Å². The van der Waals surface area contributed by atoms with Gasteiger partial charge >= 0.3 is 11.9 Å². The fourth-order valence-corrected chi connectivity index (χ4v) is 1.24. The quantitative estimate of drug-likeness (QED) is 0.198. The van der Waals surface area contributed by atoms with Gasteiger partial charge in [-0.2, -0.15) is 0 Å². The second-order valence-electron chi connectivity index (χ2n) is 4.70. The summed E-state index contributed by atoms with van der Waals surface area (Å²) in [5, 5.41) is 60.8. The standard InChI is InChI=1S/C7H12O5.C6H14O6/c1-5(9)11-4-7(3-8)12-6(2)10;7-1-3(9)5(11)6(12)4(10)2-8/h7-8H,3-4H2,1-2H3;3-12H,1-2H2/t;3-,4+,5-,6-/m.1/s1. The minimum absolute atomic E-state index is 0.106. The molecule has 0 aromatic carbocycles. The van der Waals surface area contributed by atoms with Crippen LogP contribution in [0.25, 0.3) is 0 Å². The molecular formula is C13H26O11. The molecule has 11 nitrogen and oxygen atoms in total. The molecule has 0 aromatic rings. The summed E-state index contributed by atoms with van der Waals surface area (Å²) in [5.74, 6) is -0.984. The zero-order valence-electron chi connectivity index (χ0n) is 13.5. The monoisotopic (exact) mass is 358 g/mol. The van der Waals surface area contributed by atoms with Gasteiger partial charge in [-0.05, 0) is 0 Å². The lowest BCUT2D eigenvalue weighted by molar-refractivity contribution is -0.158. The number of hydrogen-bond donors (Lipinski definition) is 7. The predicted octanol–water partition coefficient (Wildman–Crippen LogP) is -4.11. The Kier molecular flexibility index (Phi) is 14.6. The van der Waals surface area contributed by atoms with Crippen LogP contribution >= 0.6 is 0 Å². The maximum atomic E-state index is 10.4. The van der Waals surface area contributed by atoms with Crippen LogP contribution in [0.3, 0.4) is 0 Å². The Morgan fingerprint density at radius 3 is 1.46 bits per heavy atom. The van der Waals surface area contributed by atoms with Crippen molar-refractivity contribution in [2.24, 2.45) is 0 Å². The van der Waals surface area contributed by atoms with E-state index in [1.165, 1.54) is 13.8 Å². The molecule has 0 heterocycles. The van der Waals surface area contributed by atoms with Gasteiger partial charge in [0.15, 0.2) is 6.10 Å². The Bertz CT molecular complexity index is 335. The first-order valence-corrected chi connectivity index (χ1v) is 6.96. The third-order valence-corrected chi connectivity index (χ3v) is 2.52. The van der Waals surface area contributed by atoms with Gasteiger partial charge in [0.1, 0.15) is 31.0 Å². The van der Waals surface area contributed by atoms with Crippen molar-refractivity contribution in [2.75, 3.05) is 26.4 Å². The summed E-state index contributed by atoms with van der Waals surface area (Å²) >= 11 is 0. The lowest BCUT2D eigenvalue weighted by atomic mass is 10.0. The van der Waals surface area contributed by atoms with E-state index in [2.05, 4.69) is 9.47 Å². The Labute approximate surface area is 138 Å². The highest BCUT2D eigenvalue weighted by molar-refractivity contribution is 5.67. The average Bonchev–Trinajstić information content (AvgIpc) is 2.55. The van der Waals surface area contributed by atoms with Gasteiger partial charge in [-0.1, -0.05) is 0 Å². The molecule has 1 unspecified atom stereocenters. The van der Waals surface area contributed by atoms with Crippen molar-refractivity contribution in [2.45, 2.75) is 44.4 Å². The minimum Gasteiger partial charge on any atom is -0.462 e. The summed E-state index contributed by atoms with van der Waals surface area (Å²) in [6.07, 6.45) is -7.15. The normalized spacial score (nSPS) is 16.7. The molecule has 11 heteroatoms. The van der Waals surface area contributed by atoms with E-state index in [9.17, 15) is 9.59 Å². The summed E-state index contributed by atoms with van der Waals surface area (Å²) in [6.45, 7) is 0.545. The average molecular weight is 358 g/mol. The number of ether oxygens (including phenoxy) is 2. The van der Waals surface area contributed by atoms with Crippen LogP contribution in [0.5, 0.6) is 0 Å². The van der Waals surface area contributed by atoms with Crippen LogP contribution in [0.1, 0.15) is 13.8 Å². The van der Waals surface area contributed by atoms with E-state index in [0.29, 0.717) is 0 Å². The van der Waals surface area contributed by atoms with Gasteiger partial charge in [0.2, 0.25) is 0 Å². The van der Waals surface area contributed by atoms with Crippen molar-refractivity contribution in [3.05, 3.63) is 0 Å². The number of aliphatic hydroxyl groups is 7. The third kappa shape index (κ3) is 12.1. The largest absolute Gasteiger partial charge is 0.462 e. The van der Waals surface area contributed by atoms with E-state index in [1.807, 2.05) is 0 Å². The number of esters is 2. The first kappa shape index (κ1) is 24.9. The van der Waals surface area contributed by atoms with Gasteiger partial charge in [0, 0.05) is 13.8 Å². The van der Waals surface area contributed by atoms with Crippen molar-refractivity contribution in [1.82, 2.24) is 0 Å². The first-order valence-electron chi connectivity index (χ1n) is 6.96. The lowest BCUT2D eigenvalue weighted by Gasteiger charge is -2.24. The highest BCUT2D eigenvalue weighted by atomic mass is 16.6. The topological polar surface area (TPSA) is 194 Å². The maximum absolute atomic E-state index is 10.4. The molecule has 0 fully saturated rings. The Morgan fingerprint density at radius 2 is 1.21 bits per heavy atom. The summed E-state index contributed by atoms with van der Waals surface area (Å²) in [4.78, 5) is 20.7. The van der Waals surface area contributed by atoms with Crippen LogP contribution in [0, 0.1) is 0 Å². The molecule has 7 N–H and O–H groups in total. The number of carbonyl (C=O) groups is 2. The molecule has 0 saturated heterocycles. The lowest BCUT2D eigenvalue weighted by Crippen LogP contribution is -2.46. The van der Waals surface area contributed by atoms with E-state index < -0.39 is 55.7 Å². The van der Waals surface area contributed by atoms with Crippen molar-refractivity contribution < 1.29 is 54.8 Å². The molecule has 0 aliphatic carbocycles. The molecule has 0 amide bonds. The molecular weight excluding hydrogens is 332 g/mol. The van der Waals surface area contributed by atoms with Crippen molar-refractivity contribution >= 4 is 11.9 Å². The fourth-order valence-electron chi connectivity index (χ4n) is 1.24. The first-order chi connectivity index (χ1) is 11.1. The minimum atomic E-state index is -1.67. The smallest absolute Gasteiger partial charge is 0.303 e. The van der Waals surface area contributed by atoms with Crippen LogP contribution in [0.2, 0.25) is 0 Å². The molecule has 144 valence electrons. The van der Waals surface area contributed by atoms with Gasteiger partial charge < -0.3 is 45.2 Å². The molecule has 24 heavy (non-hydrogen) atoms. The number of rotatable bonds is 9. The number of aliphatic hydroxyl groups excluding tert-OH is 7. The number of hydrogen-bond acceptors (Lipinski definition) is 11. The summed E-state index contributed by atoms with van der Waals surface area (Å²) in [7, 11) is 0. The Balaban J connectivity index is 0. The molecule has 0 rings (SSSR count). The molecule has 0 aromatic heterocycles. The summed E-state index contributed by atoms with van der Waals surface area (Å²) in [6, 6.07) is 0. The summed E-state index contributed by atoms with van der Waals surface area (Å²) < 4.78 is 9.10. The van der Waals surface area contributed by atoms with E-state index in [1.54, 1.807) is 0 Å². The van der Waals surface area contributed by atoms with Gasteiger partial charge in [-0.3, -0.25) is 9.59 Å². The van der Waals surface area contributed by atoms with E-state index >= 15 is 0 Å². The van der Waals surface area contributed by atoms with Crippen molar-refractivity contribution in [3.63, 3.8) is 0 Å². The molecule has 0 spiro atoms. The van der Waals surface area contributed by atoms with Gasteiger partial charge in [0.25, 0.3) is 0 Å². The Hall–Kier alpha value is -1.34. The molecule has 5 atom stereocenters. The van der Waals surface area contributed by atoms with Crippen LogP contribution < -0.4 is 0 Å². The van der Waals surface area contributed by atoms with Crippen LogP contribution in [0.15, 0.2) is 0 Å². The van der Waals surface area contributed by atoms with E-state index in [4.69, 9.17) is 35.7 Å². The Morgan fingerprint density at radius 1 is 0.792 bits per heavy atom. The zero-order chi connectivity index (χ0) is 19.3.